The molecule has 2 rings (SSSR count). The zero-order chi connectivity index (χ0) is 23.4. The van der Waals surface area contributed by atoms with E-state index in [1.807, 2.05) is 6.92 Å². The van der Waals surface area contributed by atoms with Gasteiger partial charge in [-0.25, -0.2) is 4.79 Å². The monoisotopic (exact) mass is 450 g/mol. The lowest BCUT2D eigenvalue weighted by Gasteiger charge is -2.32. The Morgan fingerprint density at radius 2 is 2.00 bits per heavy atom. The lowest BCUT2D eigenvalue weighted by Crippen LogP contribution is -2.43. The Morgan fingerprint density at radius 3 is 2.69 bits per heavy atom. The van der Waals surface area contributed by atoms with Crippen LogP contribution in [-0.4, -0.2) is 52.0 Å². The third-order valence-corrected chi connectivity index (χ3v) is 6.80. The summed E-state index contributed by atoms with van der Waals surface area (Å²) in [6.07, 6.45) is 12.5. The summed E-state index contributed by atoms with van der Waals surface area (Å²) < 4.78 is 11.4. The van der Waals surface area contributed by atoms with Crippen LogP contribution in [0.25, 0.3) is 0 Å². The molecule has 0 aromatic heterocycles. The molecule has 1 aliphatic carbocycles. The first-order chi connectivity index (χ1) is 15.4. The van der Waals surface area contributed by atoms with Gasteiger partial charge in [0, 0.05) is 25.4 Å². The Bertz CT molecular complexity index is 644. The predicted molar refractivity (Wildman–Crippen MR) is 124 cm³/mol. The van der Waals surface area contributed by atoms with Gasteiger partial charge >= 0.3 is 5.97 Å². The average molecular weight is 451 g/mol. The summed E-state index contributed by atoms with van der Waals surface area (Å²) in [4.78, 5) is 11.8. The molecule has 0 aromatic rings. The van der Waals surface area contributed by atoms with Crippen molar-refractivity contribution >= 4 is 5.97 Å². The number of hydrogen-bond donors (Lipinski definition) is 3. The molecule has 0 spiro atoms. The second-order valence-electron chi connectivity index (χ2n) is 9.41. The highest BCUT2D eigenvalue weighted by Crippen LogP contribution is 2.37. The summed E-state index contributed by atoms with van der Waals surface area (Å²) in [5, 5.41) is 30.5. The molecule has 1 heterocycles. The van der Waals surface area contributed by atoms with Crippen LogP contribution < -0.4 is 0 Å². The second kappa shape index (κ2) is 14.0. The van der Waals surface area contributed by atoms with Crippen molar-refractivity contribution in [2.24, 2.45) is 11.8 Å². The quantitative estimate of drug-likeness (QED) is 0.218. The fourth-order valence-electron chi connectivity index (χ4n) is 4.79. The Kier molecular flexibility index (Phi) is 11.7. The molecule has 1 saturated heterocycles. The van der Waals surface area contributed by atoms with E-state index in [9.17, 15) is 20.1 Å². The second-order valence-corrected chi connectivity index (χ2v) is 9.41. The van der Waals surface area contributed by atoms with Gasteiger partial charge in [0.05, 0.1) is 12.2 Å². The van der Waals surface area contributed by atoms with Gasteiger partial charge in [-0.05, 0) is 71.1 Å². The van der Waals surface area contributed by atoms with Crippen molar-refractivity contribution in [3.63, 3.8) is 0 Å². The van der Waals surface area contributed by atoms with E-state index in [1.54, 1.807) is 6.92 Å². The van der Waals surface area contributed by atoms with Crippen molar-refractivity contribution in [1.82, 2.24) is 0 Å². The highest BCUT2D eigenvalue weighted by atomic mass is 16.7. The largest absolute Gasteiger partial charge is 0.479 e. The maximum Gasteiger partial charge on any atom is 0.335 e. The van der Waals surface area contributed by atoms with Crippen molar-refractivity contribution in [2.45, 2.75) is 115 Å². The van der Waals surface area contributed by atoms with E-state index in [0.717, 1.165) is 64.2 Å². The number of carbonyl (C=O) groups is 1. The summed E-state index contributed by atoms with van der Waals surface area (Å²) in [6, 6.07) is 0. The Labute approximate surface area is 193 Å². The van der Waals surface area contributed by atoms with Crippen LogP contribution in [0.1, 0.15) is 90.9 Å². The van der Waals surface area contributed by atoms with Crippen molar-refractivity contribution in [2.75, 3.05) is 6.61 Å². The molecule has 3 N–H and O–H groups in total. The number of unbranched alkanes of at least 4 members (excludes halogenated alkanes) is 4. The van der Waals surface area contributed by atoms with E-state index in [0.29, 0.717) is 19.4 Å². The fraction of sp³-hybridized carbons (Fsp3) is 0.808. The van der Waals surface area contributed by atoms with Crippen molar-refractivity contribution < 1.29 is 29.6 Å². The minimum atomic E-state index is -1.24. The van der Waals surface area contributed by atoms with E-state index >= 15 is 0 Å². The third kappa shape index (κ3) is 8.51. The van der Waals surface area contributed by atoms with Gasteiger partial charge in [-0.15, -0.1) is 11.8 Å². The van der Waals surface area contributed by atoms with Gasteiger partial charge in [0.2, 0.25) is 0 Å². The third-order valence-electron chi connectivity index (χ3n) is 6.80. The van der Waals surface area contributed by atoms with Gasteiger partial charge in [0.25, 0.3) is 0 Å². The van der Waals surface area contributed by atoms with Crippen LogP contribution in [0.3, 0.4) is 0 Å². The zero-order valence-corrected chi connectivity index (χ0v) is 19.8. The topological polar surface area (TPSA) is 96.2 Å². The molecule has 0 aromatic carbocycles. The first kappa shape index (κ1) is 26.9. The number of aliphatic carboxylic acids is 1. The van der Waals surface area contributed by atoms with Gasteiger partial charge in [0.15, 0.2) is 11.9 Å². The first-order valence-corrected chi connectivity index (χ1v) is 12.3. The van der Waals surface area contributed by atoms with Crippen molar-refractivity contribution in [3.05, 3.63) is 12.2 Å². The lowest BCUT2D eigenvalue weighted by atomic mass is 9.87. The fourth-order valence-corrected chi connectivity index (χ4v) is 4.79. The number of allylic oxidation sites excluding steroid dienone is 1. The maximum absolute atomic E-state index is 11.8. The summed E-state index contributed by atoms with van der Waals surface area (Å²) in [6.45, 7) is 4.10. The summed E-state index contributed by atoms with van der Waals surface area (Å²) in [5.74, 6) is 5.04. The van der Waals surface area contributed by atoms with E-state index < -0.39 is 30.1 Å². The minimum absolute atomic E-state index is 0.0154. The molecule has 2 aliphatic rings. The van der Waals surface area contributed by atoms with Crippen LogP contribution in [0.2, 0.25) is 0 Å². The van der Waals surface area contributed by atoms with Crippen LogP contribution in [0.15, 0.2) is 12.2 Å². The average Bonchev–Trinajstić information content (AvgIpc) is 3.03. The van der Waals surface area contributed by atoms with Crippen LogP contribution in [0.4, 0.5) is 0 Å². The number of aliphatic hydroxyl groups excluding tert-OH is 2. The van der Waals surface area contributed by atoms with E-state index in [-0.39, 0.29) is 11.8 Å². The van der Waals surface area contributed by atoms with Gasteiger partial charge in [-0.3, -0.25) is 0 Å². The van der Waals surface area contributed by atoms with E-state index in [1.165, 1.54) is 0 Å². The molecule has 1 saturated carbocycles. The van der Waals surface area contributed by atoms with Crippen LogP contribution in [-0.2, 0) is 14.3 Å². The number of rotatable bonds is 13. The van der Waals surface area contributed by atoms with E-state index in [4.69, 9.17) is 9.47 Å². The number of carboxylic acids is 1. The van der Waals surface area contributed by atoms with Crippen LogP contribution in [0, 0.1) is 23.7 Å². The molecule has 32 heavy (non-hydrogen) atoms. The summed E-state index contributed by atoms with van der Waals surface area (Å²) >= 11 is 0. The SMILES string of the molecule is CC#CCCCC=C[C@@H]1[C@@H](CCCCCC(C)(OC2CCCCO2)C(=O)O)[C@@H](O)C[C@H]1O. The Hall–Kier alpha value is -1.39. The van der Waals surface area contributed by atoms with Crippen molar-refractivity contribution in [3.8, 4) is 11.8 Å². The molecular weight excluding hydrogens is 408 g/mol. The standard InChI is InChI=1S/C26H42O6/c1-3-4-5-6-7-9-14-20-21(23(28)19-22(20)27)15-10-8-12-17-26(2,25(29)30)32-24-16-11-13-18-31-24/h9,14,20-24,27-28H,5-8,10-13,15-19H2,1-2H3,(H,29,30)/t20-,21-,22-,23+,24?,26?/m1/s1. The number of aliphatic hydroxyl groups is 2. The molecule has 2 fully saturated rings. The maximum atomic E-state index is 11.8. The number of ether oxygens (including phenoxy) is 2. The molecule has 6 nitrogen and oxygen atoms in total. The molecular formula is C26H42O6. The number of carboxylic acid groups (broad SMARTS) is 1. The first-order valence-electron chi connectivity index (χ1n) is 12.3. The summed E-state index contributed by atoms with van der Waals surface area (Å²) in [7, 11) is 0. The molecule has 0 amide bonds. The molecule has 0 radical (unpaired) electrons. The molecule has 182 valence electrons. The molecule has 0 bridgehead atoms. The van der Waals surface area contributed by atoms with Crippen LogP contribution in [0.5, 0.6) is 0 Å². The Balaban J connectivity index is 1.75. The lowest BCUT2D eigenvalue weighted by molar-refractivity contribution is -0.229. The Morgan fingerprint density at radius 1 is 1.19 bits per heavy atom. The molecule has 1 aliphatic heterocycles. The van der Waals surface area contributed by atoms with Gasteiger partial charge < -0.3 is 24.8 Å². The highest BCUT2D eigenvalue weighted by molar-refractivity contribution is 5.76. The number of hydrogen-bond acceptors (Lipinski definition) is 5. The normalized spacial score (nSPS) is 30.1. The van der Waals surface area contributed by atoms with Gasteiger partial charge in [-0.2, -0.15) is 0 Å². The van der Waals surface area contributed by atoms with Crippen molar-refractivity contribution in [1.29, 1.82) is 0 Å². The zero-order valence-electron chi connectivity index (χ0n) is 19.8. The summed E-state index contributed by atoms with van der Waals surface area (Å²) in [5.41, 5.74) is -1.24. The predicted octanol–water partition coefficient (Wildman–Crippen LogP) is 4.43. The molecule has 2 unspecified atom stereocenters. The van der Waals surface area contributed by atoms with Gasteiger partial charge in [-0.1, -0.05) is 25.0 Å². The molecule has 6 heteroatoms. The molecule has 6 atom stereocenters. The smallest absolute Gasteiger partial charge is 0.335 e. The highest BCUT2D eigenvalue weighted by Gasteiger charge is 2.40. The van der Waals surface area contributed by atoms with E-state index in [2.05, 4.69) is 24.0 Å². The van der Waals surface area contributed by atoms with Gasteiger partial charge in [0.1, 0.15) is 0 Å². The minimum Gasteiger partial charge on any atom is -0.479 e. The van der Waals surface area contributed by atoms with Crippen LogP contribution >= 0.6 is 0 Å².